The molecule has 0 saturated carbocycles. The summed E-state index contributed by atoms with van der Waals surface area (Å²) in [6.07, 6.45) is 0.217. The van der Waals surface area contributed by atoms with Crippen LogP contribution < -0.4 is 0 Å². The summed E-state index contributed by atoms with van der Waals surface area (Å²) in [7, 11) is 1.66. The number of amides is 1. The first-order valence-corrected chi connectivity index (χ1v) is 8.47. The van der Waals surface area contributed by atoms with Crippen molar-refractivity contribution in [2.45, 2.75) is 46.1 Å². The smallest absolute Gasteiger partial charge is 0.339 e. The molecule has 2 aromatic heterocycles. The Morgan fingerprint density at radius 3 is 2.54 bits per heavy atom. The molecule has 0 atom stereocenters. The molecule has 1 amide bonds. The number of aromatic nitrogens is 1. The summed E-state index contributed by atoms with van der Waals surface area (Å²) in [6, 6.07) is 1.46. The largest absolute Gasteiger partial charge is 0.478 e. The second kappa shape index (κ2) is 6.76. The summed E-state index contributed by atoms with van der Waals surface area (Å²) in [4.78, 5) is 29.4. The molecule has 0 bridgehead atoms. The lowest BCUT2D eigenvalue weighted by molar-refractivity contribution is -0.130. The number of carbonyl (C=O) groups is 2. The molecule has 130 valence electrons. The average molecular weight is 350 g/mol. The summed E-state index contributed by atoms with van der Waals surface area (Å²) in [5.41, 5.74) is 0.848. The number of carboxylic acid groups (broad SMARTS) is 1. The van der Waals surface area contributed by atoms with Crippen molar-refractivity contribution in [1.29, 1.82) is 0 Å². The molecule has 0 fully saturated rings. The Kier molecular flexibility index (Phi) is 5.13. The maximum absolute atomic E-state index is 12.3. The van der Waals surface area contributed by atoms with Gasteiger partial charge in [-0.05, 0) is 13.0 Å². The first kappa shape index (κ1) is 18.2. The van der Waals surface area contributed by atoms with Crippen molar-refractivity contribution < 1.29 is 19.1 Å². The first-order chi connectivity index (χ1) is 11.1. The van der Waals surface area contributed by atoms with Crippen LogP contribution >= 0.6 is 11.3 Å². The number of thiazole rings is 1. The maximum Gasteiger partial charge on any atom is 0.339 e. The second-order valence-corrected chi connectivity index (χ2v) is 7.67. The van der Waals surface area contributed by atoms with E-state index in [1.807, 2.05) is 5.38 Å². The predicted molar refractivity (Wildman–Crippen MR) is 91.4 cm³/mol. The molecule has 0 radical (unpaired) electrons. The minimum atomic E-state index is -1.03. The highest BCUT2D eigenvalue weighted by Gasteiger charge is 2.21. The highest BCUT2D eigenvalue weighted by Crippen LogP contribution is 2.26. The van der Waals surface area contributed by atoms with E-state index in [9.17, 15) is 9.59 Å². The molecule has 0 aromatic carbocycles. The Bertz CT molecular complexity index is 755. The van der Waals surface area contributed by atoms with Crippen molar-refractivity contribution in [3.8, 4) is 0 Å². The van der Waals surface area contributed by atoms with Crippen LogP contribution in [0.4, 0.5) is 0 Å². The lowest BCUT2D eigenvalue weighted by Gasteiger charge is -2.15. The number of furan rings is 1. The van der Waals surface area contributed by atoms with Crippen molar-refractivity contribution in [1.82, 2.24) is 9.88 Å². The number of aromatic carboxylic acids is 1. The molecule has 0 aliphatic rings. The van der Waals surface area contributed by atoms with Gasteiger partial charge in [-0.1, -0.05) is 20.8 Å². The number of hydrogen-bond acceptors (Lipinski definition) is 5. The standard InChI is InChI=1S/C17H22N2O4S/c1-10-13(15(21)22)7-12(23-10)8-19(5)14(20)6-11-9-24-16(18-11)17(2,3)4/h7,9H,6,8H2,1-5H3,(H,21,22). The lowest BCUT2D eigenvalue weighted by atomic mass is 9.98. The van der Waals surface area contributed by atoms with E-state index >= 15 is 0 Å². The predicted octanol–water partition coefficient (Wildman–Crippen LogP) is 3.24. The molecule has 7 heteroatoms. The van der Waals surface area contributed by atoms with Gasteiger partial charge in [0.1, 0.15) is 17.1 Å². The Balaban J connectivity index is 2.01. The van der Waals surface area contributed by atoms with Crippen LogP contribution in [-0.2, 0) is 23.2 Å². The van der Waals surface area contributed by atoms with Crippen molar-refractivity contribution in [3.63, 3.8) is 0 Å². The van der Waals surface area contributed by atoms with E-state index < -0.39 is 5.97 Å². The number of likely N-dealkylation sites (N-methyl/N-ethyl adjacent to an activating group) is 1. The minimum absolute atomic E-state index is 0.0310. The third kappa shape index (κ3) is 4.23. The van der Waals surface area contributed by atoms with Crippen LogP contribution in [0.1, 0.15) is 53.4 Å². The lowest BCUT2D eigenvalue weighted by Crippen LogP contribution is -2.27. The second-order valence-electron chi connectivity index (χ2n) is 6.81. The maximum atomic E-state index is 12.3. The minimum Gasteiger partial charge on any atom is -0.478 e. The molecule has 0 saturated heterocycles. The third-order valence-corrected chi connectivity index (χ3v) is 4.86. The van der Waals surface area contributed by atoms with Gasteiger partial charge in [-0.25, -0.2) is 9.78 Å². The van der Waals surface area contributed by atoms with Gasteiger partial charge in [0.2, 0.25) is 5.91 Å². The monoisotopic (exact) mass is 350 g/mol. The van der Waals surface area contributed by atoms with Gasteiger partial charge in [-0.2, -0.15) is 0 Å². The summed E-state index contributed by atoms with van der Waals surface area (Å²) in [6.45, 7) is 8.08. The average Bonchev–Trinajstić information content (AvgIpc) is 3.05. The van der Waals surface area contributed by atoms with E-state index in [0.29, 0.717) is 11.5 Å². The molecule has 0 aliphatic heterocycles. The van der Waals surface area contributed by atoms with Crippen molar-refractivity contribution in [2.75, 3.05) is 7.05 Å². The third-order valence-electron chi connectivity index (χ3n) is 3.54. The van der Waals surface area contributed by atoms with Crippen LogP contribution in [0, 0.1) is 6.92 Å². The van der Waals surface area contributed by atoms with E-state index in [2.05, 4.69) is 25.8 Å². The summed E-state index contributed by atoms with van der Waals surface area (Å²) in [5, 5.41) is 11.9. The van der Waals surface area contributed by atoms with E-state index in [4.69, 9.17) is 9.52 Å². The van der Waals surface area contributed by atoms with Crippen LogP contribution in [0.25, 0.3) is 0 Å². The number of carbonyl (C=O) groups excluding carboxylic acids is 1. The Morgan fingerprint density at radius 1 is 1.38 bits per heavy atom. The van der Waals surface area contributed by atoms with E-state index in [0.717, 1.165) is 10.7 Å². The molecule has 0 aliphatic carbocycles. The Labute approximate surface area is 145 Å². The first-order valence-electron chi connectivity index (χ1n) is 7.59. The van der Waals surface area contributed by atoms with Gasteiger partial charge in [-0.3, -0.25) is 4.79 Å². The van der Waals surface area contributed by atoms with Crippen LogP contribution in [-0.4, -0.2) is 33.9 Å². The van der Waals surface area contributed by atoms with Gasteiger partial charge in [0, 0.05) is 17.8 Å². The van der Waals surface area contributed by atoms with Gasteiger partial charge in [0.05, 0.1) is 23.7 Å². The zero-order valence-electron chi connectivity index (χ0n) is 14.5. The topological polar surface area (TPSA) is 83.6 Å². The Morgan fingerprint density at radius 2 is 2.04 bits per heavy atom. The molecular formula is C17H22N2O4S. The van der Waals surface area contributed by atoms with Gasteiger partial charge < -0.3 is 14.4 Å². The van der Waals surface area contributed by atoms with Crippen molar-refractivity contribution in [3.05, 3.63) is 39.2 Å². The van der Waals surface area contributed by atoms with E-state index in [1.165, 1.54) is 11.0 Å². The fraction of sp³-hybridized carbons (Fsp3) is 0.471. The van der Waals surface area contributed by atoms with Gasteiger partial charge >= 0.3 is 5.97 Å². The summed E-state index contributed by atoms with van der Waals surface area (Å²) >= 11 is 1.56. The summed E-state index contributed by atoms with van der Waals surface area (Å²) < 4.78 is 5.41. The molecular weight excluding hydrogens is 328 g/mol. The number of carboxylic acids is 1. The molecule has 6 nitrogen and oxygen atoms in total. The number of rotatable bonds is 5. The molecule has 0 unspecified atom stereocenters. The molecule has 24 heavy (non-hydrogen) atoms. The molecule has 2 aromatic rings. The zero-order chi connectivity index (χ0) is 18.1. The van der Waals surface area contributed by atoms with E-state index in [-0.39, 0.29) is 29.9 Å². The molecule has 2 rings (SSSR count). The van der Waals surface area contributed by atoms with Gasteiger partial charge in [0.25, 0.3) is 0 Å². The normalized spacial score (nSPS) is 11.5. The van der Waals surface area contributed by atoms with Crippen LogP contribution in [0.2, 0.25) is 0 Å². The summed E-state index contributed by atoms with van der Waals surface area (Å²) in [5.74, 6) is -0.331. The molecule has 0 spiro atoms. The fourth-order valence-electron chi connectivity index (χ4n) is 2.18. The SMILES string of the molecule is Cc1oc(CN(C)C(=O)Cc2csc(C(C)(C)C)n2)cc1C(=O)O. The highest BCUT2D eigenvalue weighted by molar-refractivity contribution is 7.09. The number of aryl methyl sites for hydroxylation is 1. The van der Waals surface area contributed by atoms with Crippen molar-refractivity contribution in [2.24, 2.45) is 0 Å². The molecule has 1 N–H and O–H groups in total. The van der Waals surface area contributed by atoms with Crippen LogP contribution in [0.15, 0.2) is 15.9 Å². The fourth-order valence-corrected chi connectivity index (χ4v) is 3.09. The quantitative estimate of drug-likeness (QED) is 0.895. The number of hydrogen-bond donors (Lipinski definition) is 1. The van der Waals surface area contributed by atoms with Gasteiger partial charge in [-0.15, -0.1) is 11.3 Å². The van der Waals surface area contributed by atoms with Crippen molar-refractivity contribution >= 4 is 23.2 Å². The van der Waals surface area contributed by atoms with Gasteiger partial charge in [0.15, 0.2) is 0 Å². The van der Waals surface area contributed by atoms with Crippen LogP contribution in [0.5, 0.6) is 0 Å². The Hall–Kier alpha value is -2.15. The number of nitrogens with zero attached hydrogens (tertiary/aromatic N) is 2. The highest BCUT2D eigenvalue weighted by atomic mass is 32.1. The molecule has 2 heterocycles. The van der Waals surface area contributed by atoms with E-state index in [1.54, 1.807) is 25.3 Å². The zero-order valence-corrected chi connectivity index (χ0v) is 15.4. The van der Waals surface area contributed by atoms with Crippen LogP contribution in [0.3, 0.4) is 0 Å².